The fourth-order valence-corrected chi connectivity index (χ4v) is 3.94. The SMILES string of the molecule is CCOc1ccc(/C=C/C(=O)N(Cc2ccc3c(c2)OCO3)C2CCCC2)cc1. The summed E-state index contributed by atoms with van der Waals surface area (Å²) in [6.45, 7) is 3.44. The standard InChI is InChI=1S/C24H27NO4/c1-2-27-21-11-7-18(8-12-21)10-14-24(26)25(20-5-3-4-6-20)16-19-9-13-22-23(15-19)29-17-28-22/h7-15,20H,2-6,16-17H2,1H3/b14-10+. The van der Waals surface area contributed by atoms with Gasteiger partial charge in [0.25, 0.3) is 0 Å². The molecule has 4 rings (SSSR count). The molecule has 2 aliphatic rings. The number of carbonyl (C=O) groups is 1. The van der Waals surface area contributed by atoms with Crippen molar-refractivity contribution in [3.63, 3.8) is 0 Å². The molecule has 1 fully saturated rings. The molecule has 1 amide bonds. The normalized spacial score (nSPS) is 15.8. The van der Waals surface area contributed by atoms with Crippen LogP contribution in [0.25, 0.3) is 6.08 Å². The third-order valence-electron chi connectivity index (χ3n) is 5.45. The van der Waals surface area contributed by atoms with E-state index in [9.17, 15) is 4.79 Å². The van der Waals surface area contributed by atoms with Crippen molar-refractivity contribution in [3.8, 4) is 17.2 Å². The fourth-order valence-electron chi connectivity index (χ4n) is 3.94. The monoisotopic (exact) mass is 393 g/mol. The van der Waals surface area contributed by atoms with E-state index in [1.807, 2.05) is 60.4 Å². The fraction of sp³-hybridized carbons (Fsp3) is 0.375. The highest BCUT2D eigenvalue weighted by Gasteiger charge is 2.26. The Kier molecular flexibility index (Phi) is 6.03. The van der Waals surface area contributed by atoms with E-state index in [0.717, 1.165) is 41.2 Å². The van der Waals surface area contributed by atoms with Gasteiger partial charge in [0.15, 0.2) is 11.5 Å². The average molecular weight is 393 g/mol. The summed E-state index contributed by atoms with van der Waals surface area (Å²) in [5.41, 5.74) is 2.04. The lowest BCUT2D eigenvalue weighted by molar-refractivity contribution is -0.128. The zero-order valence-corrected chi connectivity index (χ0v) is 16.8. The zero-order valence-electron chi connectivity index (χ0n) is 16.8. The maximum atomic E-state index is 13.1. The van der Waals surface area contributed by atoms with Gasteiger partial charge in [0, 0.05) is 18.7 Å². The summed E-state index contributed by atoms with van der Waals surface area (Å²) in [4.78, 5) is 15.1. The Labute approximate surface area is 171 Å². The van der Waals surface area contributed by atoms with Crippen LogP contribution in [0.1, 0.15) is 43.7 Å². The van der Waals surface area contributed by atoms with E-state index in [1.165, 1.54) is 12.8 Å². The van der Waals surface area contributed by atoms with Crippen molar-refractivity contribution in [2.75, 3.05) is 13.4 Å². The molecule has 0 N–H and O–H groups in total. The minimum Gasteiger partial charge on any atom is -0.494 e. The number of amides is 1. The van der Waals surface area contributed by atoms with Crippen molar-refractivity contribution in [2.24, 2.45) is 0 Å². The quantitative estimate of drug-likeness (QED) is 0.634. The topological polar surface area (TPSA) is 48.0 Å². The van der Waals surface area contributed by atoms with Gasteiger partial charge < -0.3 is 19.1 Å². The molecule has 1 heterocycles. The molecule has 152 valence electrons. The maximum absolute atomic E-state index is 13.1. The Morgan fingerprint density at radius 2 is 1.86 bits per heavy atom. The Morgan fingerprint density at radius 3 is 2.62 bits per heavy atom. The summed E-state index contributed by atoms with van der Waals surface area (Å²) in [5.74, 6) is 2.41. The Balaban J connectivity index is 1.47. The summed E-state index contributed by atoms with van der Waals surface area (Å²) in [6.07, 6.45) is 8.04. The molecule has 0 saturated heterocycles. The van der Waals surface area contributed by atoms with E-state index >= 15 is 0 Å². The highest BCUT2D eigenvalue weighted by atomic mass is 16.7. The molecule has 0 bridgehead atoms. The number of hydrogen-bond donors (Lipinski definition) is 0. The molecule has 5 heteroatoms. The first kappa shape index (κ1) is 19.4. The van der Waals surface area contributed by atoms with E-state index in [4.69, 9.17) is 14.2 Å². The van der Waals surface area contributed by atoms with Gasteiger partial charge in [-0.3, -0.25) is 4.79 Å². The number of hydrogen-bond acceptors (Lipinski definition) is 4. The highest BCUT2D eigenvalue weighted by Crippen LogP contribution is 2.33. The molecule has 1 aliphatic heterocycles. The van der Waals surface area contributed by atoms with E-state index in [1.54, 1.807) is 6.08 Å². The predicted octanol–water partition coefficient (Wildman–Crippen LogP) is 4.80. The van der Waals surface area contributed by atoms with Gasteiger partial charge in [-0.15, -0.1) is 0 Å². The van der Waals surface area contributed by atoms with Gasteiger partial charge in [0.05, 0.1) is 6.61 Å². The van der Waals surface area contributed by atoms with E-state index in [-0.39, 0.29) is 18.7 Å². The summed E-state index contributed by atoms with van der Waals surface area (Å²) in [7, 11) is 0. The van der Waals surface area contributed by atoms with Gasteiger partial charge in [-0.05, 0) is 61.2 Å². The number of ether oxygens (including phenoxy) is 3. The summed E-state index contributed by atoms with van der Waals surface area (Å²) in [5, 5.41) is 0. The maximum Gasteiger partial charge on any atom is 0.247 e. The van der Waals surface area contributed by atoms with Crippen molar-refractivity contribution in [1.82, 2.24) is 4.90 Å². The summed E-state index contributed by atoms with van der Waals surface area (Å²) >= 11 is 0. The molecule has 1 saturated carbocycles. The lowest BCUT2D eigenvalue weighted by Crippen LogP contribution is -2.37. The molecule has 2 aromatic carbocycles. The van der Waals surface area contributed by atoms with Crippen LogP contribution in [0.5, 0.6) is 17.2 Å². The Hall–Kier alpha value is -2.95. The first-order valence-electron chi connectivity index (χ1n) is 10.3. The summed E-state index contributed by atoms with van der Waals surface area (Å²) < 4.78 is 16.4. The second kappa shape index (κ2) is 9.03. The van der Waals surface area contributed by atoms with E-state index in [0.29, 0.717) is 13.2 Å². The molecular formula is C24H27NO4. The van der Waals surface area contributed by atoms with Crippen molar-refractivity contribution >= 4 is 12.0 Å². The smallest absolute Gasteiger partial charge is 0.247 e. The number of carbonyl (C=O) groups excluding carboxylic acids is 1. The van der Waals surface area contributed by atoms with Crippen molar-refractivity contribution in [3.05, 3.63) is 59.7 Å². The average Bonchev–Trinajstić information content (AvgIpc) is 3.43. The second-order valence-electron chi connectivity index (χ2n) is 7.43. The third-order valence-corrected chi connectivity index (χ3v) is 5.45. The van der Waals surface area contributed by atoms with Crippen LogP contribution >= 0.6 is 0 Å². The Bertz CT molecular complexity index is 869. The third kappa shape index (κ3) is 4.73. The predicted molar refractivity (Wildman–Crippen MR) is 112 cm³/mol. The molecule has 0 unspecified atom stereocenters. The molecule has 1 aliphatic carbocycles. The van der Waals surface area contributed by atoms with Crippen LogP contribution in [0.3, 0.4) is 0 Å². The van der Waals surface area contributed by atoms with Crippen LogP contribution in [-0.4, -0.2) is 30.2 Å². The van der Waals surface area contributed by atoms with E-state index in [2.05, 4.69) is 0 Å². The van der Waals surface area contributed by atoms with Crippen molar-refractivity contribution in [2.45, 2.75) is 45.2 Å². The Morgan fingerprint density at radius 1 is 1.10 bits per heavy atom. The van der Waals surface area contributed by atoms with Gasteiger partial charge in [-0.25, -0.2) is 0 Å². The summed E-state index contributed by atoms with van der Waals surface area (Å²) in [6, 6.07) is 14.0. The molecular weight excluding hydrogens is 366 g/mol. The molecule has 29 heavy (non-hydrogen) atoms. The number of nitrogens with zero attached hydrogens (tertiary/aromatic N) is 1. The van der Waals surface area contributed by atoms with Gasteiger partial charge in [0.2, 0.25) is 12.7 Å². The lowest BCUT2D eigenvalue weighted by atomic mass is 10.1. The van der Waals surface area contributed by atoms with Crippen LogP contribution in [0, 0.1) is 0 Å². The molecule has 0 spiro atoms. The van der Waals surface area contributed by atoms with Gasteiger partial charge in [-0.1, -0.05) is 31.0 Å². The molecule has 0 aromatic heterocycles. The van der Waals surface area contributed by atoms with E-state index < -0.39 is 0 Å². The lowest BCUT2D eigenvalue weighted by Gasteiger charge is -2.28. The number of rotatable bonds is 7. The van der Waals surface area contributed by atoms with Crippen molar-refractivity contribution < 1.29 is 19.0 Å². The minimum absolute atomic E-state index is 0.0449. The largest absolute Gasteiger partial charge is 0.494 e. The number of benzene rings is 2. The highest BCUT2D eigenvalue weighted by molar-refractivity contribution is 5.92. The molecule has 0 radical (unpaired) electrons. The van der Waals surface area contributed by atoms with Gasteiger partial charge >= 0.3 is 0 Å². The van der Waals surface area contributed by atoms with Gasteiger partial charge in [-0.2, -0.15) is 0 Å². The number of fused-ring (bicyclic) bond motifs is 1. The van der Waals surface area contributed by atoms with Crippen LogP contribution in [0.2, 0.25) is 0 Å². The molecule has 2 aromatic rings. The van der Waals surface area contributed by atoms with Crippen LogP contribution < -0.4 is 14.2 Å². The first-order chi connectivity index (χ1) is 14.2. The van der Waals surface area contributed by atoms with Crippen LogP contribution in [-0.2, 0) is 11.3 Å². The van der Waals surface area contributed by atoms with Crippen molar-refractivity contribution in [1.29, 1.82) is 0 Å². The van der Waals surface area contributed by atoms with Crippen LogP contribution in [0.4, 0.5) is 0 Å². The molecule has 0 atom stereocenters. The van der Waals surface area contributed by atoms with Gasteiger partial charge in [0.1, 0.15) is 5.75 Å². The zero-order chi connectivity index (χ0) is 20.1. The second-order valence-corrected chi connectivity index (χ2v) is 7.43. The van der Waals surface area contributed by atoms with Crippen LogP contribution in [0.15, 0.2) is 48.5 Å². The molecule has 5 nitrogen and oxygen atoms in total. The minimum atomic E-state index is 0.0449. The first-order valence-corrected chi connectivity index (χ1v) is 10.3.